The first-order valence-corrected chi connectivity index (χ1v) is 6.85. The van der Waals surface area contributed by atoms with Crippen molar-refractivity contribution in [2.75, 3.05) is 11.1 Å². The van der Waals surface area contributed by atoms with Gasteiger partial charge in [0.15, 0.2) is 11.5 Å². The second kappa shape index (κ2) is 5.32. The van der Waals surface area contributed by atoms with E-state index >= 15 is 0 Å². The van der Waals surface area contributed by atoms with Crippen LogP contribution in [0.1, 0.15) is 18.1 Å². The molecule has 0 atom stereocenters. The molecule has 3 rings (SSSR count). The lowest BCUT2D eigenvalue weighted by atomic mass is 10.1. The van der Waals surface area contributed by atoms with Crippen LogP contribution >= 0.6 is 0 Å². The van der Waals surface area contributed by atoms with Crippen LogP contribution in [0.15, 0.2) is 48.2 Å². The molecular weight excluding hydrogens is 264 g/mol. The standard InChI is InChI=1S/C17H16N2O2/c1-2-11-3-5-12(6-4-11)9-16-17(20)19-14-8-7-13(18)10-15(14)21-16/h3-10H,2,18H2,1H3,(H,19,20)/b16-9+. The van der Waals surface area contributed by atoms with Gasteiger partial charge in [0.1, 0.15) is 0 Å². The molecule has 0 aliphatic carbocycles. The topological polar surface area (TPSA) is 64.3 Å². The lowest BCUT2D eigenvalue weighted by molar-refractivity contribution is -0.115. The van der Waals surface area contributed by atoms with Crippen LogP contribution in [0.3, 0.4) is 0 Å². The zero-order chi connectivity index (χ0) is 14.8. The highest BCUT2D eigenvalue weighted by Crippen LogP contribution is 2.33. The van der Waals surface area contributed by atoms with Gasteiger partial charge in [0.05, 0.1) is 5.69 Å². The second-order valence-corrected chi connectivity index (χ2v) is 4.92. The van der Waals surface area contributed by atoms with E-state index in [2.05, 4.69) is 12.2 Å². The number of carbonyl (C=O) groups is 1. The summed E-state index contributed by atoms with van der Waals surface area (Å²) < 4.78 is 5.65. The van der Waals surface area contributed by atoms with Gasteiger partial charge in [-0.15, -0.1) is 0 Å². The first-order valence-electron chi connectivity index (χ1n) is 6.85. The molecule has 1 aliphatic heterocycles. The molecule has 1 aliphatic rings. The van der Waals surface area contributed by atoms with Crippen molar-refractivity contribution in [3.05, 3.63) is 59.4 Å². The van der Waals surface area contributed by atoms with Gasteiger partial charge in [0.2, 0.25) is 0 Å². The number of hydrogen-bond donors (Lipinski definition) is 2. The maximum absolute atomic E-state index is 12.0. The third-order valence-corrected chi connectivity index (χ3v) is 3.38. The Morgan fingerprint density at radius 2 is 1.95 bits per heavy atom. The molecule has 0 aromatic heterocycles. The quantitative estimate of drug-likeness (QED) is 0.656. The van der Waals surface area contributed by atoms with Crippen LogP contribution in [-0.2, 0) is 11.2 Å². The van der Waals surface area contributed by atoms with Crippen molar-refractivity contribution in [2.45, 2.75) is 13.3 Å². The number of hydrogen-bond acceptors (Lipinski definition) is 3. The van der Waals surface area contributed by atoms with Crippen molar-refractivity contribution in [2.24, 2.45) is 0 Å². The highest BCUT2D eigenvalue weighted by molar-refractivity contribution is 6.08. The maximum atomic E-state index is 12.0. The zero-order valence-corrected chi connectivity index (χ0v) is 11.7. The Kier molecular flexibility index (Phi) is 3.36. The summed E-state index contributed by atoms with van der Waals surface area (Å²) in [6.45, 7) is 2.10. The normalized spacial score (nSPS) is 15.3. The number of anilines is 2. The SMILES string of the molecule is CCc1ccc(/C=C2/Oc3cc(N)ccc3NC2=O)cc1. The number of rotatable bonds is 2. The average Bonchev–Trinajstić information content (AvgIpc) is 2.49. The van der Waals surface area contributed by atoms with Crippen LogP contribution in [0.25, 0.3) is 6.08 Å². The summed E-state index contributed by atoms with van der Waals surface area (Å²) in [4.78, 5) is 12.0. The summed E-state index contributed by atoms with van der Waals surface area (Å²) in [6, 6.07) is 13.2. The summed E-state index contributed by atoms with van der Waals surface area (Å²) in [7, 11) is 0. The van der Waals surface area contributed by atoms with Gasteiger partial charge in [0, 0.05) is 11.8 Å². The van der Waals surface area contributed by atoms with E-state index < -0.39 is 0 Å². The van der Waals surface area contributed by atoms with Gasteiger partial charge in [0.25, 0.3) is 5.91 Å². The summed E-state index contributed by atoms with van der Waals surface area (Å²) in [5, 5.41) is 2.79. The van der Waals surface area contributed by atoms with Crippen molar-refractivity contribution in [1.82, 2.24) is 0 Å². The smallest absolute Gasteiger partial charge is 0.291 e. The average molecular weight is 280 g/mol. The van der Waals surface area contributed by atoms with E-state index in [0.717, 1.165) is 12.0 Å². The lowest BCUT2D eigenvalue weighted by Gasteiger charge is -2.20. The fraction of sp³-hybridized carbons (Fsp3) is 0.118. The Bertz CT molecular complexity index is 718. The molecule has 3 N–H and O–H groups in total. The van der Waals surface area contributed by atoms with E-state index in [1.165, 1.54) is 5.56 Å². The number of benzene rings is 2. The number of nitrogens with two attached hydrogens (primary N) is 1. The molecule has 0 saturated carbocycles. The van der Waals surface area contributed by atoms with Crippen LogP contribution < -0.4 is 15.8 Å². The molecule has 0 fully saturated rings. The third kappa shape index (κ3) is 2.74. The molecule has 0 radical (unpaired) electrons. The van der Waals surface area contributed by atoms with Gasteiger partial charge in [-0.3, -0.25) is 4.79 Å². The van der Waals surface area contributed by atoms with Crippen molar-refractivity contribution in [3.8, 4) is 5.75 Å². The Balaban J connectivity index is 1.91. The molecule has 0 unspecified atom stereocenters. The van der Waals surface area contributed by atoms with Crippen LogP contribution in [0, 0.1) is 0 Å². The molecule has 1 heterocycles. The summed E-state index contributed by atoms with van der Waals surface area (Å²) in [6.07, 6.45) is 2.71. The zero-order valence-electron chi connectivity index (χ0n) is 11.7. The van der Waals surface area contributed by atoms with Gasteiger partial charge in [-0.2, -0.15) is 0 Å². The number of fused-ring (bicyclic) bond motifs is 1. The summed E-state index contributed by atoms with van der Waals surface area (Å²) in [5.41, 5.74) is 9.14. The minimum absolute atomic E-state index is 0.258. The van der Waals surface area contributed by atoms with Gasteiger partial charge in [-0.1, -0.05) is 31.2 Å². The molecule has 2 aromatic rings. The van der Waals surface area contributed by atoms with Crippen molar-refractivity contribution in [1.29, 1.82) is 0 Å². The molecule has 106 valence electrons. The van der Waals surface area contributed by atoms with Gasteiger partial charge >= 0.3 is 0 Å². The van der Waals surface area contributed by atoms with Crippen LogP contribution in [-0.4, -0.2) is 5.91 Å². The lowest BCUT2D eigenvalue weighted by Crippen LogP contribution is -2.23. The number of carbonyl (C=O) groups excluding carboxylic acids is 1. The minimum Gasteiger partial charge on any atom is -0.449 e. The Morgan fingerprint density at radius 3 is 2.67 bits per heavy atom. The first-order chi connectivity index (χ1) is 10.2. The number of nitrogen functional groups attached to an aromatic ring is 1. The molecular formula is C17H16N2O2. The van der Waals surface area contributed by atoms with Crippen LogP contribution in [0.5, 0.6) is 5.75 Å². The molecule has 0 spiro atoms. The minimum atomic E-state index is -0.258. The van der Waals surface area contributed by atoms with E-state index in [0.29, 0.717) is 17.1 Å². The van der Waals surface area contributed by atoms with E-state index in [1.54, 1.807) is 24.3 Å². The van der Waals surface area contributed by atoms with E-state index in [4.69, 9.17) is 10.5 Å². The molecule has 4 heteroatoms. The van der Waals surface area contributed by atoms with Crippen LogP contribution in [0.2, 0.25) is 0 Å². The maximum Gasteiger partial charge on any atom is 0.291 e. The van der Waals surface area contributed by atoms with E-state index in [-0.39, 0.29) is 11.7 Å². The Labute approximate surface area is 123 Å². The van der Waals surface area contributed by atoms with Gasteiger partial charge < -0.3 is 15.8 Å². The number of aryl methyl sites for hydroxylation is 1. The predicted octanol–water partition coefficient (Wildman–Crippen LogP) is 3.20. The van der Waals surface area contributed by atoms with Crippen molar-refractivity contribution >= 4 is 23.4 Å². The third-order valence-electron chi connectivity index (χ3n) is 3.38. The molecule has 1 amide bonds. The first kappa shape index (κ1) is 13.2. The van der Waals surface area contributed by atoms with E-state index in [9.17, 15) is 4.79 Å². The molecule has 2 aromatic carbocycles. The van der Waals surface area contributed by atoms with Gasteiger partial charge in [-0.25, -0.2) is 0 Å². The molecule has 0 saturated heterocycles. The monoisotopic (exact) mass is 280 g/mol. The Morgan fingerprint density at radius 1 is 1.19 bits per heavy atom. The predicted molar refractivity (Wildman–Crippen MR) is 83.9 cm³/mol. The molecule has 21 heavy (non-hydrogen) atoms. The summed E-state index contributed by atoms with van der Waals surface area (Å²) >= 11 is 0. The molecule has 0 bridgehead atoms. The highest BCUT2D eigenvalue weighted by atomic mass is 16.5. The fourth-order valence-electron chi connectivity index (χ4n) is 2.17. The second-order valence-electron chi connectivity index (χ2n) is 4.92. The number of amides is 1. The van der Waals surface area contributed by atoms with Crippen molar-refractivity contribution in [3.63, 3.8) is 0 Å². The largest absolute Gasteiger partial charge is 0.449 e. The highest BCUT2D eigenvalue weighted by Gasteiger charge is 2.21. The van der Waals surface area contributed by atoms with Crippen LogP contribution in [0.4, 0.5) is 11.4 Å². The molecule has 4 nitrogen and oxygen atoms in total. The van der Waals surface area contributed by atoms with Gasteiger partial charge in [-0.05, 0) is 35.8 Å². The summed E-state index contributed by atoms with van der Waals surface area (Å²) in [5.74, 6) is 0.565. The number of nitrogens with one attached hydrogen (secondary N) is 1. The Hall–Kier alpha value is -2.75. The fourth-order valence-corrected chi connectivity index (χ4v) is 2.17. The van der Waals surface area contributed by atoms with Crippen molar-refractivity contribution < 1.29 is 9.53 Å². The number of ether oxygens (including phenoxy) is 1. The van der Waals surface area contributed by atoms with E-state index in [1.807, 2.05) is 24.3 Å².